The van der Waals surface area contributed by atoms with E-state index in [4.69, 9.17) is 9.72 Å². The van der Waals surface area contributed by atoms with E-state index in [0.717, 1.165) is 40.7 Å². The van der Waals surface area contributed by atoms with Gasteiger partial charge in [0.2, 0.25) is 0 Å². The molecule has 2 aromatic rings. The second-order valence-corrected chi connectivity index (χ2v) is 6.15. The summed E-state index contributed by atoms with van der Waals surface area (Å²) in [6.07, 6.45) is 2.32. The minimum absolute atomic E-state index is 0.231. The summed E-state index contributed by atoms with van der Waals surface area (Å²) in [6, 6.07) is 10.6. The van der Waals surface area contributed by atoms with Gasteiger partial charge in [0.25, 0.3) is 0 Å². The Hall–Kier alpha value is -0.970. The number of hydrogen-bond acceptors (Lipinski definition) is 3. The monoisotopic (exact) mass is 334 g/mol. The van der Waals surface area contributed by atoms with Crippen molar-refractivity contribution in [3.8, 4) is 0 Å². The number of fused-ring (bicyclic) bond motifs is 1. The summed E-state index contributed by atoms with van der Waals surface area (Å²) in [5.74, 6) is 0.485. The third-order valence-electron chi connectivity index (χ3n) is 3.98. The van der Waals surface area contributed by atoms with Crippen LogP contribution in [0.5, 0.6) is 0 Å². The van der Waals surface area contributed by atoms with Crippen LogP contribution in [0, 0.1) is 5.92 Å². The number of nitrogens with zero attached hydrogens (tertiary/aromatic N) is 1. The Labute approximate surface area is 127 Å². The van der Waals surface area contributed by atoms with Gasteiger partial charge in [-0.15, -0.1) is 0 Å². The molecule has 2 unspecified atom stereocenters. The van der Waals surface area contributed by atoms with E-state index in [0.29, 0.717) is 5.92 Å². The van der Waals surface area contributed by atoms with Crippen LogP contribution >= 0.6 is 15.9 Å². The molecule has 0 spiro atoms. The number of halogens is 1. The Morgan fingerprint density at radius 1 is 1.40 bits per heavy atom. The molecule has 1 aliphatic heterocycles. The van der Waals surface area contributed by atoms with Crippen LogP contribution in [-0.2, 0) is 4.74 Å². The molecule has 1 fully saturated rings. The normalized spacial score (nSPS) is 21.0. The van der Waals surface area contributed by atoms with Crippen LogP contribution in [-0.4, -0.2) is 25.2 Å². The molecular weight excluding hydrogens is 316 g/mol. The van der Waals surface area contributed by atoms with Gasteiger partial charge in [-0.1, -0.05) is 18.2 Å². The highest BCUT2D eigenvalue weighted by Gasteiger charge is 2.27. The van der Waals surface area contributed by atoms with Gasteiger partial charge in [0.1, 0.15) is 0 Å². The van der Waals surface area contributed by atoms with Crippen molar-refractivity contribution in [1.82, 2.24) is 10.3 Å². The average Bonchev–Trinajstić information content (AvgIpc) is 2.49. The zero-order valence-electron chi connectivity index (χ0n) is 11.6. The summed E-state index contributed by atoms with van der Waals surface area (Å²) in [6.45, 7) is 1.70. The molecule has 4 heteroatoms. The number of hydrogen-bond donors (Lipinski definition) is 1. The quantitative estimate of drug-likeness (QED) is 0.929. The van der Waals surface area contributed by atoms with E-state index in [1.807, 2.05) is 19.2 Å². The molecule has 3 rings (SSSR count). The number of nitrogens with one attached hydrogen (secondary N) is 1. The average molecular weight is 335 g/mol. The SMILES string of the molecule is CNC(c1nc2ccccc2cc1Br)C1CCCOC1. The minimum atomic E-state index is 0.231. The molecule has 2 atom stereocenters. The molecule has 20 heavy (non-hydrogen) atoms. The predicted octanol–water partition coefficient (Wildman–Crippen LogP) is 3.68. The number of ether oxygens (including phenoxy) is 1. The van der Waals surface area contributed by atoms with Crippen molar-refractivity contribution in [3.05, 3.63) is 40.5 Å². The molecule has 2 heterocycles. The summed E-state index contributed by atoms with van der Waals surface area (Å²) in [7, 11) is 2.00. The van der Waals surface area contributed by atoms with Gasteiger partial charge in [-0.05, 0) is 48.0 Å². The van der Waals surface area contributed by atoms with Crippen LogP contribution in [0.2, 0.25) is 0 Å². The number of aromatic nitrogens is 1. The Morgan fingerprint density at radius 2 is 2.25 bits per heavy atom. The first-order chi connectivity index (χ1) is 9.79. The lowest BCUT2D eigenvalue weighted by atomic mass is 9.91. The highest BCUT2D eigenvalue weighted by Crippen LogP contribution is 2.33. The van der Waals surface area contributed by atoms with Gasteiger partial charge < -0.3 is 10.1 Å². The van der Waals surface area contributed by atoms with Crippen LogP contribution in [0.3, 0.4) is 0 Å². The minimum Gasteiger partial charge on any atom is -0.381 e. The summed E-state index contributed by atoms with van der Waals surface area (Å²) in [5, 5.41) is 4.59. The third kappa shape index (κ3) is 2.73. The number of pyridine rings is 1. The Morgan fingerprint density at radius 3 is 3.00 bits per heavy atom. The fourth-order valence-corrected chi connectivity index (χ4v) is 3.53. The number of rotatable bonds is 3. The molecule has 0 amide bonds. The summed E-state index contributed by atoms with van der Waals surface area (Å²) < 4.78 is 6.70. The van der Waals surface area contributed by atoms with Crippen LogP contribution in [0.1, 0.15) is 24.6 Å². The van der Waals surface area contributed by atoms with Gasteiger partial charge in [0, 0.05) is 22.4 Å². The molecule has 1 aromatic carbocycles. The first-order valence-electron chi connectivity index (χ1n) is 7.10. The van der Waals surface area contributed by atoms with E-state index in [1.165, 1.54) is 6.42 Å². The zero-order chi connectivity index (χ0) is 13.9. The standard InChI is InChI=1S/C16H19BrN2O/c1-18-15(12-6-4-8-20-10-12)16-13(17)9-11-5-2-3-7-14(11)19-16/h2-3,5,7,9,12,15,18H,4,6,8,10H2,1H3. The molecular formula is C16H19BrN2O. The maximum atomic E-state index is 5.63. The maximum Gasteiger partial charge on any atom is 0.0726 e. The first-order valence-corrected chi connectivity index (χ1v) is 7.89. The lowest BCUT2D eigenvalue weighted by Gasteiger charge is -2.30. The van der Waals surface area contributed by atoms with Crippen LogP contribution in [0.15, 0.2) is 34.8 Å². The second-order valence-electron chi connectivity index (χ2n) is 5.29. The molecule has 0 aliphatic carbocycles. The van der Waals surface area contributed by atoms with Crippen molar-refractivity contribution < 1.29 is 4.74 Å². The Bertz CT molecular complexity index is 596. The molecule has 106 valence electrons. The van der Waals surface area contributed by atoms with Crippen LogP contribution < -0.4 is 5.32 Å². The lowest BCUT2D eigenvalue weighted by molar-refractivity contribution is 0.0395. The van der Waals surface area contributed by atoms with E-state index in [2.05, 4.69) is 39.4 Å². The summed E-state index contributed by atoms with van der Waals surface area (Å²) in [4.78, 5) is 4.86. The maximum absolute atomic E-state index is 5.63. The third-order valence-corrected chi connectivity index (χ3v) is 4.61. The van der Waals surface area contributed by atoms with Crippen LogP contribution in [0.4, 0.5) is 0 Å². The molecule has 1 aromatic heterocycles. The molecule has 0 bridgehead atoms. The Balaban J connectivity index is 1.99. The smallest absolute Gasteiger partial charge is 0.0726 e. The highest BCUT2D eigenvalue weighted by atomic mass is 79.9. The van der Waals surface area contributed by atoms with Gasteiger partial charge in [0.15, 0.2) is 0 Å². The van der Waals surface area contributed by atoms with Crippen molar-refractivity contribution in [2.45, 2.75) is 18.9 Å². The fraction of sp³-hybridized carbons (Fsp3) is 0.438. The van der Waals surface area contributed by atoms with Gasteiger partial charge in [-0.25, -0.2) is 4.98 Å². The Kier molecular flexibility index (Phi) is 4.34. The summed E-state index contributed by atoms with van der Waals surface area (Å²) in [5.41, 5.74) is 2.13. The van der Waals surface area contributed by atoms with Crippen LogP contribution in [0.25, 0.3) is 10.9 Å². The van der Waals surface area contributed by atoms with Crippen molar-refractivity contribution >= 4 is 26.8 Å². The largest absolute Gasteiger partial charge is 0.381 e. The number of benzene rings is 1. The predicted molar refractivity (Wildman–Crippen MR) is 84.8 cm³/mol. The first kappa shape index (κ1) is 14.0. The molecule has 1 N–H and O–H groups in total. The van der Waals surface area contributed by atoms with Gasteiger partial charge >= 0.3 is 0 Å². The lowest BCUT2D eigenvalue weighted by Crippen LogP contribution is -2.32. The van der Waals surface area contributed by atoms with Crippen molar-refractivity contribution in [3.63, 3.8) is 0 Å². The molecule has 1 aliphatic rings. The summed E-state index contributed by atoms with van der Waals surface area (Å²) >= 11 is 3.68. The second kappa shape index (κ2) is 6.20. The van der Waals surface area contributed by atoms with E-state index < -0.39 is 0 Å². The van der Waals surface area contributed by atoms with Crippen molar-refractivity contribution in [2.75, 3.05) is 20.3 Å². The highest BCUT2D eigenvalue weighted by molar-refractivity contribution is 9.10. The van der Waals surface area contributed by atoms with E-state index in [9.17, 15) is 0 Å². The van der Waals surface area contributed by atoms with E-state index >= 15 is 0 Å². The van der Waals surface area contributed by atoms with Crippen molar-refractivity contribution in [2.24, 2.45) is 5.92 Å². The molecule has 1 saturated heterocycles. The molecule has 0 saturated carbocycles. The number of para-hydroxylation sites is 1. The van der Waals surface area contributed by atoms with Gasteiger partial charge in [0.05, 0.1) is 23.9 Å². The van der Waals surface area contributed by atoms with E-state index in [-0.39, 0.29) is 6.04 Å². The van der Waals surface area contributed by atoms with Gasteiger partial charge in [-0.3, -0.25) is 0 Å². The van der Waals surface area contributed by atoms with Crippen molar-refractivity contribution in [1.29, 1.82) is 0 Å². The zero-order valence-corrected chi connectivity index (χ0v) is 13.2. The van der Waals surface area contributed by atoms with Gasteiger partial charge in [-0.2, -0.15) is 0 Å². The molecule has 0 radical (unpaired) electrons. The topological polar surface area (TPSA) is 34.2 Å². The fourth-order valence-electron chi connectivity index (χ4n) is 2.95. The molecule has 3 nitrogen and oxygen atoms in total. The van der Waals surface area contributed by atoms with E-state index in [1.54, 1.807) is 0 Å².